The van der Waals surface area contributed by atoms with Gasteiger partial charge in [0.15, 0.2) is 0 Å². The Hall–Kier alpha value is -2.12. The Labute approximate surface area is 122 Å². The van der Waals surface area contributed by atoms with E-state index in [2.05, 4.69) is 0 Å². The number of nitrogens with zero attached hydrogens (tertiary/aromatic N) is 1. The molecule has 2 aromatic rings. The summed E-state index contributed by atoms with van der Waals surface area (Å²) in [4.78, 5) is 10.9. The predicted octanol–water partition coefficient (Wildman–Crippen LogP) is 1.51. The molecule has 7 heteroatoms. The Balaban J connectivity index is 2.44. The van der Waals surface area contributed by atoms with E-state index in [0.717, 1.165) is 9.54 Å². The molecule has 0 spiro atoms. The summed E-state index contributed by atoms with van der Waals surface area (Å²) in [6.07, 6.45) is 1.03. The lowest BCUT2D eigenvalue weighted by molar-refractivity contribution is -0.137. The fraction of sp³-hybridized carbons (Fsp3) is 0.214. The lowest BCUT2D eigenvalue weighted by Gasteiger charge is -2.14. The van der Waals surface area contributed by atoms with Crippen molar-refractivity contribution < 1.29 is 18.3 Å². The van der Waals surface area contributed by atoms with Gasteiger partial charge in [-0.15, -0.1) is 0 Å². The van der Waals surface area contributed by atoms with Crippen molar-refractivity contribution >= 4 is 16.0 Å². The molecule has 1 aromatic heterocycles. The molecule has 21 heavy (non-hydrogen) atoms. The lowest BCUT2D eigenvalue weighted by Crippen LogP contribution is -2.22. The smallest absolute Gasteiger partial charge is 0.305 e. The molecule has 0 radical (unpaired) electrons. The largest absolute Gasteiger partial charge is 0.481 e. The van der Waals surface area contributed by atoms with E-state index < -0.39 is 22.0 Å². The van der Waals surface area contributed by atoms with Crippen LogP contribution >= 0.6 is 0 Å². The van der Waals surface area contributed by atoms with Gasteiger partial charge < -0.3 is 10.8 Å². The molecular formula is C14H16N2O4S. The van der Waals surface area contributed by atoms with Gasteiger partial charge in [-0.25, -0.2) is 12.4 Å². The molecule has 2 rings (SSSR count). The summed E-state index contributed by atoms with van der Waals surface area (Å²) in [6.45, 7) is 1.86. The van der Waals surface area contributed by atoms with Crippen molar-refractivity contribution in [3.63, 3.8) is 0 Å². The maximum Gasteiger partial charge on any atom is 0.305 e. The van der Waals surface area contributed by atoms with Crippen molar-refractivity contribution in [2.45, 2.75) is 24.3 Å². The first-order chi connectivity index (χ1) is 9.82. The monoisotopic (exact) mass is 308 g/mol. The SMILES string of the molecule is Cc1ccc(S(=O)(=O)n2cccc2C(N)CC(=O)O)cc1. The van der Waals surface area contributed by atoms with E-state index in [1.54, 1.807) is 12.1 Å². The van der Waals surface area contributed by atoms with E-state index in [0.29, 0.717) is 0 Å². The highest BCUT2D eigenvalue weighted by atomic mass is 32.2. The number of benzene rings is 1. The molecule has 0 bridgehead atoms. The number of nitrogens with two attached hydrogens (primary N) is 1. The molecule has 112 valence electrons. The molecular weight excluding hydrogens is 292 g/mol. The molecule has 0 aliphatic carbocycles. The van der Waals surface area contributed by atoms with E-state index in [-0.39, 0.29) is 17.0 Å². The van der Waals surface area contributed by atoms with Crippen molar-refractivity contribution in [1.29, 1.82) is 0 Å². The van der Waals surface area contributed by atoms with Crippen molar-refractivity contribution in [3.05, 3.63) is 53.9 Å². The molecule has 0 amide bonds. The third-order valence-corrected chi connectivity index (χ3v) is 4.81. The normalized spacial score (nSPS) is 13.0. The fourth-order valence-electron chi connectivity index (χ4n) is 2.00. The molecule has 1 unspecified atom stereocenters. The molecule has 0 fully saturated rings. The van der Waals surface area contributed by atoms with Gasteiger partial charge in [-0.1, -0.05) is 17.7 Å². The van der Waals surface area contributed by atoms with Gasteiger partial charge in [-0.2, -0.15) is 0 Å². The second-order valence-electron chi connectivity index (χ2n) is 4.75. The molecule has 1 atom stereocenters. The summed E-state index contributed by atoms with van der Waals surface area (Å²) in [6, 6.07) is 8.58. The Morgan fingerprint density at radius 1 is 1.29 bits per heavy atom. The van der Waals surface area contributed by atoms with E-state index in [1.165, 1.54) is 30.5 Å². The van der Waals surface area contributed by atoms with Gasteiger partial charge in [0.2, 0.25) is 0 Å². The minimum atomic E-state index is -3.78. The second-order valence-corrected chi connectivity index (χ2v) is 6.57. The Kier molecular flexibility index (Phi) is 4.15. The van der Waals surface area contributed by atoms with Gasteiger partial charge >= 0.3 is 5.97 Å². The van der Waals surface area contributed by atoms with Crippen molar-refractivity contribution in [2.75, 3.05) is 0 Å². The lowest BCUT2D eigenvalue weighted by atomic mass is 10.1. The molecule has 3 N–H and O–H groups in total. The number of carbonyl (C=O) groups is 1. The Morgan fingerprint density at radius 2 is 1.90 bits per heavy atom. The number of aliphatic carboxylic acids is 1. The first-order valence-corrected chi connectivity index (χ1v) is 7.73. The molecule has 0 aliphatic rings. The van der Waals surface area contributed by atoms with Crippen molar-refractivity contribution in [3.8, 4) is 0 Å². The summed E-state index contributed by atoms with van der Waals surface area (Å²) in [5, 5.41) is 8.79. The first-order valence-electron chi connectivity index (χ1n) is 6.29. The van der Waals surface area contributed by atoms with Crippen molar-refractivity contribution in [2.24, 2.45) is 5.73 Å². The van der Waals surface area contributed by atoms with Gasteiger partial charge in [0.1, 0.15) is 0 Å². The van der Waals surface area contributed by atoms with E-state index >= 15 is 0 Å². The first kappa shape index (κ1) is 15.3. The van der Waals surface area contributed by atoms with Gasteiger partial charge in [0.05, 0.1) is 23.1 Å². The number of hydrogen-bond acceptors (Lipinski definition) is 4. The highest BCUT2D eigenvalue weighted by Gasteiger charge is 2.23. The van der Waals surface area contributed by atoms with Crippen molar-refractivity contribution in [1.82, 2.24) is 3.97 Å². The van der Waals surface area contributed by atoms with Gasteiger partial charge in [0.25, 0.3) is 10.0 Å². The second kappa shape index (κ2) is 5.71. The Morgan fingerprint density at radius 3 is 2.48 bits per heavy atom. The van der Waals surface area contributed by atoms with Crippen LogP contribution < -0.4 is 5.73 Å². The van der Waals surface area contributed by atoms with E-state index in [4.69, 9.17) is 10.8 Å². The highest BCUT2D eigenvalue weighted by Crippen LogP contribution is 2.22. The van der Waals surface area contributed by atoms with Gasteiger partial charge in [0, 0.05) is 6.20 Å². The summed E-state index contributed by atoms with van der Waals surface area (Å²) >= 11 is 0. The van der Waals surface area contributed by atoms with Crippen LogP contribution in [0.5, 0.6) is 0 Å². The zero-order valence-electron chi connectivity index (χ0n) is 11.4. The highest BCUT2D eigenvalue weighted by molar-refractivity contribution is 7.90. The average Bonchev–Trinajstić information content (AvgIpc) is 2.88. The van der Waals surface area contributed by atoms with Crippen LogP contribution in [0.3, 0.4) is 0 Å². The third-order valence-electron chi connectivity index (χ3n) is 3.10. The number of rotatable bonds is 5. The van der Waals surface area contributed by atoms with Gasteiger partial charge in [-0.05, 0) is 31.2 Å². The molecule has 1 aromatic carbocycles. The maximum atomic E-state index is 12.6. The average molecular weight is 308 g/mol. The van der Waals surface area contributed by atoms with E-state index in [1.807, 2.05) is 6.92 Å². The van der Waals surface area contributed by atoms with Crippen LogP contribution in [0.2, 0.25) is 0 Å². The number of carboxylic acids is 1. The summed E-state index contributed by atoms with van der Waals surface area (Å²) < 4.78 is 26.2. The number of aromatic nitrogens is 1. The van der Waals surface area contributed by atoms with Crippen LogP contribution in [-0.4, -0.2) is 23.5 Å². The predicted molar refractivity (Wildman–Crippen MR) is 77.4 cm³/mol. The fourth-order valence-corrected chi connectivity index (χ4v) is 3.41. The molecule has 0 saturated heterocycles. The topological polar surface area (TPSA) is 102 Å². The van der Waals surface area contributed by atoms with Crippen LogP contribution in [0.15, 0.2) is 47.5 Å². The van der Waals surface area contributed by atoms with Gasteiger partial charge in [-0.3, -0.25) is 4.79 Å². The molecule has 6 nitrogen and oxygen atoms in total. The summed E-state index contributed by atoms with van der Waals surface area (Å²) in [5.74, 6) is -1.08. The zero-order valence-corrected chi connectivity index (χ0v) is 12.2. The molecule has 1 heterocycles. The Bertz CT molecular complexity index is 748. The minimum absolute atomic E-state index is 0.132. The molecule has 0 saturated carbocycles. The third kappa shape index (κ3) is 3.14. The van der Waals surface area contributed by atoms with Crippen LogP contribution in [0.4, 0.5) is 0 Å². The number of aryl methyl sites for hydroxylation is 1. The van der Waals surface area contributed by atoms with E-state index in [9.17, 15) is 13.2 Å². The van der Waals surface area contributed by atoms with Crippen LogP contribution in [0.25, 0.3) is 0 Å². The van der Waals surface area contributed by atoms with Crippen LogP contribution in [-0.2, 0) is 14.8 Å². The number of carboxylic acid groups (broad SMARTS) is 1. The van der Waals surface area contributed by atoms with Crippen LogP contribution in [0.1, 0.15) is 23.7 Å². The molecule has 0 aliphatic heterocycles. The summed E-state index contributed by atoms with van der Waals surface area (Å²) in [5.41, 5.74) is 6.97. The number of hydrogen-bond donors (Lipinski definition) is 2. The standard InChI is InChI=1S/C14H16N2O4S/c1-10-4-6-11(7-5-10)21(19,20)16-8-2-3-13(16)12(15)9-14(17)18/h2-8,12H,9,15H2,1H3,(H,17,18). The quantitative estimate of drug-likeness (QED) is 0.871. The van der Waals surface area contributed by atoms with Crippen LogP contribution in [0, 0.1) is 6.92 Å². The zero-order chi connectivity index (χ0) is 15.6. The maximum absolute atomic E-state index is 12.6. The summed E-state index contributed by atoms with van der Waals surface area (Å²) in [7, 11) is -3.78. The minimum Gasteiger partial charge on any atom is -0.481 e.